The Morgan fingerprint density at radius 2 is 2.25 bits per heavy atom. The van der Waals surface area contributed by atoms with E-state index in [-0.39, 0.29) is 0 Å². The van der Waals surface area contributed by atoms with Crippen molar-refractivity contribution in [3.63, 3.8) is 0 Å². The summed E-state index contributed by atoms with van der Waals surface area (Å²) >= 11 is 0. The summed E-state index contributed by atoms with van der Waals surface area (Å²) in [6.45, 7) is 7.07. The molecule has 1 aromatic carbocycles. The quantitative estimate of drug-likeness (QED) is 0.633. The Bertz CT molecular complexity index is 363. The third-order valence-electron chi connectivity index (χ3n) is 2.11. The van der Waals surface area contributed by atoms with Crippen LogP contribution in [-0.4, -0.2) is 20.2 Å². The van der Waals surface area contributed by atoms with Crippen LogP contribution in [0.4, 0.5) is 11.4 Å². The molecule has 0 aliphatic carbocycles. The smallest absolute Gasteiger partial charge is 0.142 e. The third kappa shape index (κ3) is 3.73. The van der Waals surface area contributed by atoms with Crippen LogP contribution in [0.15, 0.2) is 30.5 Å². The van der Waals surface area contributed by atoms with Crippen molar-refractivity contribution in [3.05, 3.63) is 30.5 Å². The van der Waals surface area contributed by atoms with Crippen LogP contribution in [0.3, 0.4) is 0 Å². The number of allylic oxidation sites excluding steroid dienone is 1. The van der Waals surface area contributed by atoms with E-state index in [4.69, 9.17) is 10.5 Å². The number of hydrogen-bond donors (Lipinski definition) is 3. The summed E-state index contributed by atoms with van der Waals surface area (Å²) < 4.78 is 5.36. The largest absolute Gasteiger partial charge is 0.490 e. The van der Waals surface area contributed by atoms with Gasteiger partial charge in [0, 0.05) is 19.3 Å². The summed E-state index contributed by atoms with van der Waals surface area (Å²) in [4.78, 5) is 0. The summed E-state index contributed by atoms with van der Waals surface area (Å²) in [6.07, 6.45) is 0. The molecule has 0 aromatic heterocycles. The second-order valence-electron chi connectivity index (χ2n) is 3.56. The van der Waals surface area contributed by atoms with Crippen LogP contribution < -0.4 is 21.1 Å². The van der Waals surface area contributed by atoms with Crippen molar-refractivity contribution in [2.24, 2.45) is 0 Å². The maximum atomic E-state index is 5.59. The van der Waals surface area contributed by atoms with Gasteiger partial charge in [0.15, 0.2) is 0 Å². The average molecular weight is 221 g/mol. The van der Waals surface area contributed by atoms with E-state index in [0.717, 1.165) is 36.0 Å². The topological polar surface area (TPSA) is 59.3 Å². The van der Waals surface area contributed by atoms with Crippen LogP contribution in [-0.2, 0) is 0 Å². The van der Waals surface area contributed by atoms with Crippen molar-refractivity contribution in [2.75, 3.05) is 31.2 Å². The van der Waals surface area contributed by atoms with Crippen molar-refractivity contribution >= 4 is 11.4 Å². The molecule has 0 spiro atoms. The highest BCUT2D eigenvalue weighted by molar-refractivity contribution is 5.64. The van der Waals surface area contributed by atoms with Gasteiger partial charge in [0.2, 0.25) is 0 Å². The summed E-state index contributed by atoms with van der Waals surface area (Å²) in [5.74, 6) is 0.894. The van der Waals surface area contributed by atoms with Gasteiger partial charge in [-0.3, -0.25) is 0 Å². The van der Waals surface area contributed by atoms with Crippen LogP contribution in [0.1, 0.15) is 6.92 Å². The molecule has 0 fully saturated rings. The van der Waals surface area contributed by atoms with Gasteiger partial charge in [-0.15, -0.1) is 0 Å². The lowest BCUT2D eigenvalue weighted by Gasteiger charge is -2.18. The zero-order chi connectivity index (χ0) is 12.0. The molecule has 2 rings (SSSR count). The van der Waals surface area contributed by atoms with Gasteiger partial charge >= 0.3 is 0 Å². The number of ether oxygens (including phenoxy) is 1. The fourth-order valence-corrected chi connectivity index (χ4v) is 1.16. The molecular weight excluding hydrogens is 202 g/mol. The van der Waals surface area contributed by atoms with Crippen molar-refractivity contribution < 1.29 is 4.74 Å². The van der Waals surface area contributed by atoms with Crippen molar-refractivity contribution in [1.29, 1.82) is 0 Å². The zero-order valence-electron chi connectivity index (χ0n) is 9.84. The Morgan fingerprint density at radius 3 is 2.88 bits per heavy atom. The Morgan fingerprint density at radius 1 is 1.56 bits per heavy atom. The molecule has 16 heavy (non-hydrogen) atoms. The first-order chi connectivity index (χ1) is 7.63. The summed E-state index contributed by atoms with van der Waals surface area (Å²) in [5.41, 5.74) is 8.35. The molecule has 0 saturated carbocycles. The molecule has 0 bridgehead atoms. The van der Waals surface area contributed by atoms with Crippen LogP contribution in [0.25, 0.3) is 0 Å². The predicted molar refractivity (Wildman–Crippen MR) is 68.7 cm³/mol. The Kier molecular flexibility index (Phi) is 4.51. The number of benzene rings is 1. The summed E-state index contributed by atoms with van der Waals surface area (Å²) in [6, 6.07) is 5.61. The minimum atomic E-state index is 0.733. The molecule has 1 heterocycles. The predicted octanol–water partition coefficient (Wildman–Crippen LogP) is 1.81. The lowest BCUT2D eigenvalue weighted by molar-refractivity contribution is 0.323. The molecule has 0 unspecified atom stereocenters. The zero-order valence-corrected chi connectivity index (χ0v) is 9.84. The van der Waals surface area contributed by atoms with E-state index < -0.39 is 0 Å². The molecule has 0 amide bonds. The lowest BCUT2D eigenvalue weighted by atomic mass is 10.2. The third-order valence-corrected chi connectivity index (χ3v) is 2.11. The van der Waals surface area contributed by atoms with E-state index in [1.165, 1.54) is 0 Å². The van der Waals surface area contributed by atoms with E-state index in [1.54, 1.807) is 0 Å². The number of rotatable bonds is 1. The maximum absolute atomic E-state index is 5.59. The van der Waals surface area contributed by atoms with Crippen molar-refractivity contribution in [3.8, 4) is 5.75 Å². The van der Waals surface area contributed by atoms with Gasteiger partial charge in [0.05, 0.1) is 5.69 Å². The maximum Gasteiger partial charge on any atom is 0.142 e. The molecule has 0 saturated heterocycles. The standard InChI is InChI=1S/C8H10N2O.C4H9N/c9-6-1-2-8-7(5-6)10-3-4-11-8;1-4(2)5-3/h1-2,5,10H,3-4,9H2;5H,1H2,2-3H3. The van der Waals surface area contributed by atoms with Gasteiger partial charge < -0.3 is 21.1 Å². The minimum Gasteiger partial charge on any atom is -0.490 e. The van der Waals surface area contributed by atoms with Crippen LogP contribution in [0.2, 0.25) is 0 Å². The highest BCUT2D eigenvalue weighted by Gasteiger charge is 2.07. The highest BCUT2D eigenvalue weighted by Crippen LogP contribution is 2.28. The lowest BCUT2D eigenvalue weighted by Crippen LogP contribution is -2.17. The second-order valence-corrected chi connectivity index (χ2v) is 3.56. The summed E-state index contributed by atoms with van der Waals surface area (Å²) in [5, 5.41) is 6.03. The Hall–Kier alpha value is -1.84. The van der Waals surface area contributed by atoms with E-state index in [9.17, 15) is 0 Å². The fourth-order valence-electron chi connectivity index (χ4n) is 1.16. The monoisotopic (exact) mass is 221 g/mol. The number of anilines is 2. The molecule has 1 aromatic rings. The second kappa shape index (κ2) is 5.90. The van der Waals surface area contributed by atoms with E-state index in [1.807, 2.05) is 32.2 Å². The number of hydrogen-bond acceptors (Lipinski definition) is 4. The minimum absolute atomic E-state index is 0.733. The van der Waals surface area contributed by atoms with Crippen LogP contribution >= 0.6 is 0 Å². The molecule has 1 aliphatic heterocycles. The van der Waals surface area contributed by atoms with E-state index in [2.05, 4.69) is 17.2 Å². The van der Waals surface area contributed by atoms with Gasteiger partial charge in [-0.05, 0) is 30.8 Å². The first kappa shape index (κ1) is 12.2. The Labute approximate surface area is 96.5 Å². The molecule has 4 N–H and O–H groups in total. The van der Waals surface area contributed by atoms with Crippen LogP contribution in [0, 0.1) is 0 Å². The van der Waals surface area contributed by atoms with Gasteiger partial charge in [0.25, 0.3) is 0 Å². The van der Waals surface area contributed by atoms with E-state index >= 15 is 0 Å². The molecule has 1 aliphatic rings. The molecular formula is C12H19N3O. The molecule has 0 radical (unpaired) electrons. The average Bonchev–Trinajstić information content (AvgIpc) is 2.29. The van der Waals surface area contributed by atoms with Gasteiger partial charge in [-0.25, -0.2) is 0 Å². The fraction of sp³-hybridized carbons (Fsp3) is 0.333. The first-order valence-electron chi connectivity index (χ1n) is 5.23. The molecule has 4 heteroatoms. The van der Waals surface area contributed by atoms with Crippen molar-refractivity contribution in [1.82, 2.24) is 5.32 Å². The number of nitrogen functional groups attached to an aromatic ring is 1. The molecule has 4 nitrogen and oxygen atoms in total. The van der Waals surface area contributed by atoms with Gasteiger partial charge in [-0.1, -0.05) is 6.58 Å². The van der Waals surface area contributed by atoms with Gasteiger partial charge in [-0.2, -0.15) is 0 Å². The van der Waals surface area contributed by atoms with Crippen molar-refractivity contribution in [2.45, 2.75) is 6.92 Å². The van der Waals surface area contributed by atoms with Crippen LogP contribution in [0.5, 0.6) is 5.75 Å². The molecule has 88 valence electrons. The highest BCUT2D eigenvalue weighted by atomic mass is 16.5. The summed E-state index contributed by atoms with van der Waals surface area (Å²) in [7, 11) is 1.85. The number of fused-ring (bicyclic) bond motifs is 1. The normalized spacial score (nSPS) is 12.1. The van der Waals surface area contributed by atoms with Gasteiger partial charge in [0.1, 0.15) is 12.4 Å². The first-order valence-corrected chi connectivity index (χ1v) is 5.23. The molecule has 0 atom stereocenters. The number of nitrogens with one attached hydrogen (secondary N) is 2. The SMILES string of the molecule is C=C(C)NC.Nc1ccc2c(c1)NCCO2. The Balaban J connectivity index is 0.000000221. The van der Waals surface area contributed by atoms with E-state index in [0.29, 0.717) is 0 Å². The number of nitrogens with two attached hydrogens (primary N) is 1.